The van der Waals surface area contributed by atoms with Gasteiger partial charge in [0.25, 0.3) is 0 Å². The molecule has 0 aliphatic rings. The Hall–Kier alpha value is -1.25. The summed E-state index contributed by atoms with van der Waals surface area (Å²) >= 11 is 0. The predicted molar refractivity (Wildman–Crippen MR) is 73.9 cm³/mol. The van der Waals surface area contributed by atoms with Gasteiger partial charge in [-0.05, 0) is 0 Å². The molecule has 0 radical (unpaired) electrons. The van der Waals surface area contributed by atoms with Crippen LogP contribution in [0.2, 0.25) is 0 Å². The standard InChI is InChI=1S/C14H17O3P/c15-18(16,17,11-13-7-3-1-4-8-13)12-14-9-5-2-6-10-14/h1-10,15-17H,11-12H2. The van der Waals surface area contributed by atoms with Crippen LogP contribution in [0.4, 0.5) is 0 Å². The van der Waals surface area contributed by atoms with E-state index < -0.39 is 7.28 Å². The monoisotopic (exact) mass is 264 g/mol. The zero-order chi connectivity index (χ0) is 13.1. The number of benzene rings is 2. The second kappa shape index (κ2) is 4.79. The summed E-state index contributed by atoms with van der Waals surface area (Å²) in [7, 11) is -4.66. The quantitative estimate of drug-likeness (QED) is 0.744. The third-order valence-electron chi connectivity index (χ3n) is 2.70. The van der Waals surface area contributed by atoms with Gasteiger partial charge in [-0.3, -0.25) is 0 Å². The Kier molecular flexibility index (Phi) is 3.51. The summed E-state index contributed by atoms with van der Waals surface area (Å²) in [6, 6.07) is 18.0. The average molecular weight is 264 g/mol. The first-order valence-corrected chi connectivity index (χ1v) is 8.23. The molecular formula is C14H17O3P. The third-order valence-corrected chi connectivity index (χ3v) is 4.72. The molecule has 0 aliphatic carbocycles. The molecular weight excluding hydrogens is 247 g/mol. The van der Waals surface area contributed by atoms with Crippen LogP contribution in [0, 0.1) is 0 Å². The Morgan fingerprint density at radius 2 is 0.944 bits per heavy atom. The van der Waals surface area contributed by atoms with Crippen LogP contribution >= 0.6 is 7.28 Å². The molecule has 0 unspecified atom stereocenters. The van der Waals surface area contributed by atoms with Crippen molar-refractivity contribution < 1.29 is 14.7 Å². The van der Waals surface area contributed by atoms with Crippen molar-refractivity contribution in [1.82, 2.24) is 0 Å². The molecule has 0 amide bonds. The molecule has 0 bridgehead atoms. The van der Waals surface area contributed by atoms with Crippen molar-refractivity contribution in [3.05, 3.63) is 71.8 Å². The molecule has 0 aliphatic heterocycles. The molecule has 4 heteroatoms. The van der Waals surface area contributed by atoms with E-state index in [1.165, 1.54) is 0 Å². The van der Waals surface area contributed by atoms with Gasteiger partial charge in [-0.15, -0.1) is 0 Å². The molecule has 96 valence electrons. The van der Waals surface area contributed by atoms with Gasteiger partial charge >= 0.3 is 106 Å². The van der Waals surface area contributed by atoms with E-state index in [0.717, 1.165) is 11.1 Å². The minimum atomic E-state index is -4.66. The maximum atomic E-state index is 10.1. The third kappa shape index (κ3) is 3.90. The van der Waals surface area contributed by atoms with E-state index in [0.29, 0.717) is 0 Å². The summed E-state index contributed by atoms with van der Waals surface area (Å²) in [5.41, 5.74) is 1.44. The second-order valence-corrected chi connectivity index (χ2v) is 7.94. The van der Waals surface area contributed by atoms with Crippen molar-refractivity contribution in [3.8, 4) is 0 Å². The Morgan fingerprint density at radius 1 is 0.611 bits per heavy atom. The fourth-order valence-corrected chi connectivity index (χ4v) is 4.00. The van der Waals surface area contributed by atoms with E-state index >= 15 is 0 Å². The summed E-state index contributed by atoms with van der Waals surface area (Å²) < 4.78 is 0. The Morgan fingerprint density at radius 3 is 1.28 bits per heavy atom. The molecule has 2 aromatic rings. The molecule has 0 saturated heterocycles. The summed E-state index contributed by atoms with van der Waals surface area (Å²) in [5.74, 6) is 0. The van der Waals surface area contributed by atoms with E-state index in [4.69, 9.17) is 0 Å². The van der Waals surface area contributed by atoms with E-state index in [1.807, 2.05) is 36.4 Å². The van der Waals surface area contributed by atoms with Crippen LogP contribution in [-0.2, 0) is 12.3 Å². The first-order chi connectivity index (χ1) is 8.42. The van der Waals surface area contributed by atoms with Crippen LogP contribution in [-0.4, -0.2) is 14.7 Å². The predicted octanol–water partition coefficient (Wildman–Crippen LogP) is 2.66. The van der Waals surface area contributed by atoms with Crippen LogP contribution < -0.4 is 0 Å². The van der Waals surface area contributed by atoms with Crippen LogP contribution in [0.25, 0.3) is 0 Å². The molecule has 0 fully saturated rings. The topological polar surface area (TPSA) is 60.7 Å². The second-order valence-electron chi connectivity index (χ2n) is 4.63. The zero-order valence-electron chi connectivity index (χ0n) is 9.98. The molecule has 3 nitrogen and oxygen atoms in total. The SMILES string of the molecule is OP(O)(O)(Cc1ccccc1)Cc1ccccc1. The molecule has 2 rings (SSSR count). The molecule has 0 heterocycles. The van der Waals surface area contributed by atoms with Crippen LogP contribution in [0.3, 0.4) is 0 Å². The van der Waals surface area contributed by atoms with Crippen molar-refractivity contribution in [2.75, 3.05) is 0 Å². The van der Waals surface area contributed by atoms with Crippen molar-refractivity contribution in [1.29, 1.82) is 0 Å². The fraction of sp³-hybridized carbons (Fsp3) is 0.143. The Labute approximate surface area is 107 Å². The van der Waals surface area contributed by atoms with E-state index in [-0.39, 0.29) is 12.3 Å². The van der Waals surface area contributed by atoms with Crippen LogP contribution in [0.1, 0.15) is 11.1 Å². The fourth-order valence-electron chi connectivity index (χ4n) is 1.97. The van der Waals surface area contributed by atoms with E-state index in [2.05, 4.69) is 0 Å². The molecule has 3 N–H and O–H groups in total. The molecule has 0 atom stereocenters. The van der Waals surface area contributed by atoms with Gasteiger partial charge in [0.05, 0.1) is 0 Å². The zero-order valence-corrected chi connectivity index (χ0v) is 10.9. The normalized spacial score (nSPS) is 13.8. The Balaban J connectivity index is 2.17. The van der Waals surface area contributed by atoms with Crippen molar-refractivity contribution in [2.45, 2.75) is 12.3 Å². The summed E-state index contributed by atoms with van der Waals surface area (Å²) in [6.45, 7) is 0. The van der Waals surface area contributed by atoms with E-state index in [9.17, 15) is 14.7 Å². The first-order valence-electron chi connectivity index (χ1n) is 5.76. The maximum absolute atomic E-state index is 10.1. The van der Waals surface area contributed by atoms with Gasteiger partial charge in [0, 0.05) is 0 Å². The molecule has 0 saturated carbocycles. The van der Waals surface area contributed by atoms with Gasteiger partial charge in [-0.2, -0.15) is 0 Å². The summed E-state index contributed by atoms with van der Waals surface area (Å²) in [4.78, 5) is 30.4. The molecule has 18 heavy (non-hydrogen) atoms. The first kappa shape index (κ1) is 13.2. The summed E-state index contributed by atoms with van der Waals surface area (Å²) in [5, 5.41) is 0. The average Bonchev–Trinajstić information content (AvgIpc) is 2.29. The molecule has 0 spiro atoms. The molecule has 0 aromatic heterocycles. The van der Waals surface area contributed by atoms with Gasteiger partial charge in [0.1, 0.15) is 0 Å². The summed E-state index contributed by atoms with van der Waals surface area (Å²) in [6.07, 6.45) is -0.220. The van der Waals surface area contributed by atoms with Gasteiger partial charge in [-0.25, -0.2) is 0 Å². The number of hydrogen-bond acceptors (Lipinski definition) is 3. The van der Waals surface area contributed by atoms with Gasteiger partial charge in [-0.1, -0.05) is 0 Å². The van der Waals surface area contributed by atoms with Gasteiger partial charge in [0.15, 0.2) is 0 Å². The Bertz CT molecular complexity index is 457. The van der Waals surface area contributed by atoms with Gasteiger partial charge in [0.2, 0.25) is 0 Å². The van der Waals surface area contributed by atoms with Crippen LogP contribution in [0.5, 0.6) is 0 Å². The van der Waals surface area contributed by atoms with Crippen LogP contribution in [0.15, 0.2) is 60.7 Å². The van der Waals surface area contributed by atoms with Gasteiger partial charge < -0.3 is 0 Å². The van der Waals surface area contributed by atoms with Crippen molar-refractivity contribution in [3.63, 3.8) is 0 Å². The number of hydrogen-bond donors (Lipinski definition) is 3. The number of rotatable bonds is 4. The van der Waals surface area contributed by atoms with Crippen molar-refractivity contribution >= 4 is 7.28 Å². The molecule has 2 aromatic carbocycles. The van der Waals surface area contributed by atoms with Crippen molar-refractivity contribution in [2.24, 2.45) is 0 Å². The minimum absolute atomic E-state index is 0.110. The van der Waals surface area contributed by atoms with E-state index in [1.54, 1.807) is 24.3 Å².